The monoisotopic (exact) mass is 399 g/mol. The third-order valence-corrected chi connectivity index (χ3v) is 4.39. The molecule has 0 atom stereocenters. The molecule has 1 fully saturated rings. The highest BCUT2D eigenvalue weighted by atomic mass is 35.5. The van der Waals surface area contributed by atoms with Crippen LogP contribution in [0, 0.1) is 5.82 Å². The Morgan fingerprint density at radius 2 is 1.77 bits per heavy atom. The highest BCUT2D eigenvalue weighted by Crippen LogP contribution is 2.15. The van der Waals surface area contributed by atoms with Crippen molar-refractivity contribution in [3.05, 3.63) is 65.5 Å². The second kappa shape index (κ2) is 10.4. The minimum atomic E-state index is -0.207. The fourth-order valence-corrected chi connectivity index (χ4v) is 3.03. The molecule has 0 spiro atoms. The molecule has 26 heavy (non-hydrogen) atoms. The fraction of sp³-hybridized carbons (Fsp3) is 0.316. The van der Waals surface area contributed by atoms with Crippen LogP contribution < -0.4 is 11.1 Å². The summed E-state index contributed by atoms with van der Waals surface area (Å²) in [5.74, 6) is -0.277. The number of amides is 1. The van der Waals surface area contributed by atoms with Gasteiger partial charge in [-0.25, -0.2) is 4.39 Å². The molecule has 1 amide bonds. The lowest BCUT2D eigenvalue weighted by molar-refractivity contribution is 0.0909. The third-order valence-electron chi connectivity index (χ3n) is 4.39. The number of nitrogen functional groups attached to an aromatic ring is 1. The van der Waals surface area contributed by atoms with E-state index in [1.807, 2.05) is 12.1 Å². The van der Waals surface area contributed by atoms with Crippen molar-refractivity contribution in [1.29, 1.82) is 0 Å². The lowest BCUT2D eigenvalue weighted by atomic mass is 10.0. The van der Waals surface area contributed by atoms with Crippen molar-refractivity contribution in [2.75, 3.05) is 18.8 Å². The number of carbonyl (C=O) groups excluding carboxylic acids is 1. The van der Waals surface area contributed by atoms with Gasteiger partial charge in [-0.15, -0.1) is 24.8 Å². The topological polar surface area (TPSA) is 58.4 Å². The Labute approximate surface area is 165 Å². The summed E-state index contributed by atoms with van der Waals surface area (Å²) in [7, 11) is 0. The van der Waals surface area contributed by atoms with Crippen LogP contribution in [0.25, 0.3) is 0 Å². The molecule has 1 heterocycles. The number of piperidine rings is 1. The molecule has 0 saturated carbocycles. The quantitative estimate of drug-likeness (QED) is 0.771. The number of halogens is 3. The van der Waals surface area contributed by atoms with Crippen molar-refractivity contribution in [3.8, 4) is 0 Å². The van der Waals surface area contributed by atoms with E-state index in [2.05, 4.69) is 10.2 Å². The number of benzene rings is 2. The molecule has 0 aromatic heterocycles. The van der Waals surface area contributed by atoms with Crippen molar-refractivity contribution >= 4 is 36.4 Å². The minimum absolute atomic E-state index is 0. The maximum Gasteiger partial charge on any atom is 0.251 e. The van der Waals surface area contributed by atoms with Gasteiger partial charge in [-0.2, -0.15) is 0 Å². The summed E-state index contributed by atoms with van der Waals surface area (Å²) in [5.41, 5.74) is 8.03. The number of likely N-dealkylation sites (tertiary alicyclic amines) is 1. The van der Waals surface area contributed by atoms with Gasteiger partial charge < -0.3 is 11.1 Å². The average molecular weight is 400 g/mol. The zero-order valence-corrected chi connectivity index (χ0v) is 16.0. The number of carbonyl (C=O) groups is 1. The van der Waals surface area contributed by atoms with Crippen LogP contribution in [0.4, 0.5) is 10.1 Å². The van der Waals surface area contributed by atoms with Gasteiger partial charge in [-0.3, -0.25) is 9.69 Å². The number of nitrogens with zero attached hydrogens (tertiary/aromatic N) is 1. The predicted molar refractivity (Wildman–Crippen MR) is 108 cm³/mol. The first-order chi connectivity index (χ1) is 11.6. The van der Waals surface area contributed by atoms with Crippen LogP contribution in [0.15, 0.2) is 48.5 Å². The van der Waals surface area contributed by atoms with Gasteiger partial charge in [0.2, 0.25) is 0 Å². The molecule has 3 N–H and O–H groups in total. The van der Waals surface area contributed by atoms with Crippen molar-refractivity contribution in [3.63, 3.8) is 0 Å². The van der Waals surface area contributed by atoms with Crippen LogP contribution >= 0.6 is 24.8 Å². The normalized spacial score (nSPS) is 14.8. The van der Waals surface area contributed by atoms with Crippen LogP contribution in [0.2, 0.25) is 0 Å². The Morgan fingerprint density at radius 1 is 1.12 bits per heavy atom. The van der Waals surface area contributed by atoms with E-state index in [4.69, 9.17) is 5.73 Å². The van der Waals surface area contributed by atoms with Gasteiger partial charge in [0.05, 0.1) is 0 Å². The summed E-state index contributed by atoms with van der Waals surface area (Å²) >= 11 is 0. The van der Waals surface area contributed by atoms with E-state index in [0.29, 0.717) is 11.3 Å². The van der Waals surface area contributed by atoms with E-state index >= 15 is 0 Å². The van der Waals surface area contributed by atoms with Gasteiger partial charge in [-0.1, -0.05) is 18.2 Å². The van der Waals surface area contributed by atoms with Crippen molar-refractivity contribution in [1.82, 2.24) is 10.2 Å². The Kier molecular flexibility index (Phi) is 8.85. The molecule has 3 rings (SSSR count). The Bertz CT molecular complexity index is 704. The van der Waals surface area contributed by atoms with Crippen LogP contribution in [0.5, 0.6) is 0 Å². The maximum absolute atomic E-state index is 12.9. The summed E-state index contributed by atoms with van der Waals surface area (Å²) < 4.78 is 12.9. The Hall–Kier alpha value is -1.82. The van der Waals surface area contributed by atoms with Crippen LogP contribution in [0.3, 0.4) is 0 Å². The number of nitrogens with one attached hydrogen (secondary N) is 1. The first-order valence-electron chi connectivity index (χ1n) is 8.23. The maximum atomic E-state index is 12.9. The van der Waals surface area contributed by atoms with Gasteiger partial charge >= 0.3 is 0 Å². The third kappa shape index (κ3) is 6.16. The highest BCUT2D eigenvalue weighted by Gasteiger charge is 2.21. The summed E-state index contributed by atoms with van der Waals surface area (Å²) in [5, 5.41) is 3.08. The molecular weight excluding hydrogens is 376 g/mol. The largest absolute Gasteiger partial charge is 0.399 e. The van der Waals surface area contributed by atoms with Crippen molar-refractivity contribution in [2.45, 2.75) is 25.4 Å². The fourth-order valence-electron chi connectivity index (χ4n) is 3.03. The number of hydrogen-bond acceptors (Lipinski definition) is 3. The lowest BCUT2D eigenvalue weighted by Gasteiger charge is -2.32. The molecule has 1 aliphatic heterocycles. The SMILES string of the molecule is Cl.Cl.Nc1cccc(C(=O)NC2CCN(Cc3ccc(F)cc3)CC2)c1. The van der Waals surface area contributed by atoms with Gasteiger partial charge in [0.15, 0.2) is 0 Å². The lowest BCUT2D eigenvalue weighted by Crippen LogP contribution is -2.44. The van der Waals surface area contributed by atoms with Crippen LogP contribution in [-0.2, 0) is 6.54 Å². The van der Waals surface area contributed by atoms with Gasteiger partial charge in [0.1, 0.15) is 5.82 Å². The average Bonchev–Trinajstić information content (AvgIpc) is 2.59. The van der Waals surface area contributed by atoms with E-state index in [-0.39, 0.29) is 42.6 Å². The second-order valence-corrected chi connectivity index (χ2v) is 6.28. The molecule has 7 heteroatoms. The smallest absolute Gasteiger partial charge is 0.251 e. The summed E-state index contributed by atoms with van der Waals surface area (Å²) in [4.78, 5) is 14.6. The Balaban J connectivity index is 0.00000169. The zero-order chi connectivity index (χ0) is 16.9. The van der Waals surface area contributed by atoms with Crippen LogP contribution in [0.1, 0.15) is 28.8 Å². The summed E-state index contributed by atoms with van der Waals surface area (Å²) in [6, 6.07) is 13.8. The van der Waals surface area contributed by atoms with Gasteiger partial charge in [-0.05, 0) is 48.7 Å². The molecule has 142 valence electrons. The zero-order valence-electron chi connectivity index (χ0n) is 14.4. The molecular formula is C19H24Cl2FN3O. The Morgan fingerprint density at radius 3 is 2.38 bits per heavy atom. The molecule has 0 bridgehead atoms. The number of rotatable bonds is 4. The molecule has 2 aromatic carbocycles. The van der Waals surface area contributed by atoms with Crippen LogP contribution in [-0.4, -0.2) is 29.9 Å². The molecule has 2 aromatic rings. The standard InChI is InChI=1S/C19H22FN3O.2ClH/c20-16-6-4-14(5-7-16)13-23-10-8-18(9-11-23)22-19(24)15-2-1-3-17(21)12-15;;/h1-7,12,18H,8-11,13,21H2,(H,22,24);2*1H. The molecule has 0 aliphatic carbocycles. The summed E-state index contributed by atoms with van der Waals surface area (Å²) in [6.07, 6.45) is 1.82. The van der Waals surface area contributed by atoms with Crippen molar-refractivity contribution < 1.29 is 9.18 Å². The second-order valence-electron chi connectivity index (χ2n) is 6.28. The van der Waals surface area contributed by atoms with Gasteiger partial charge in [0, 0.05) is 36.9 Å². The summed E-state index contributed by atoms with van der Waals surface area (Å²) in [6.45, 7) is 2.65. The first kappa shape index (κ1) is 22.2. The van der Waals surface area contributed by atoms with E-state index in [9.17, 15) is 9.18 Å². The van der Waals surface area contributed by atoms with E-state index < -0.39 is 0 Å². The molecule has 1 aliphatic rings. The predicted octanol–water partition coefficient (Wildman–Crippen LogP) is 3.65. The first-order valence-corrected chi connectivity index (χ1v) is 8.23. The molecule has 4 nitrogen and oxygen atoms in total. The minimum Gasteiger partial charge on any atom is -0.399 e. The van der Waals surface area contributed by atoms with Crippen molar-refractivity contribution in [2.24, 2.45) is 0 Å². The molecule has 0 radical (unpaired) electrons. The molecule has 0 unspecified atom stereocenters. The number of nitrogens with two attached hydrogens (primary N) is 1. The van der Waals surface area contributed by atoms with Gasteiger partial charge in [0.25, 0.3) is 5.91 Å². The number of anilines is 1. The number of hydrogen-bond donors (Lipinski definition) is 2. The highest BCUT2D eigenvalue weighted by molar-refractivity contribution is 5.95. The van der Waals surface area contributed by atoms with E-state index in [1.54, 1.807) is 24.3 Å². The van der Waals surface area contributed by atoms with E-state index in [0.717, 1.165) is 38.0 Å². The molecule has 1 saturated heterocycles. The van der Waals surface area contributed by atoms with E-state index in [1.165, 1.54) is 12.1 Å².